The number of hydrogen-bond donors (Lipinski definition) is 0. The molecule has 18 nitrogen and oxygen atoms in total. The van der Waals surface area contributed by atoms with Gasteiger partial charge in [0.1, 0.15) is 71.1 Å². The highest BCUT2D eigenvalue weighted by atomic mass is 32.1. The molecule has 1 aliphatic carbocycles. The molecule has 20 heteroatoms. The molecule has 0 atom stereocenters. The van der Waals surface area contributed by atoms with Crippen molar-refractivity contribution in [3.05, 3.63) is 213 Å². The van der Waals surface area contributed by atoms with Crippen LogP contribution in [0.25, 0.3) is 31.3 Å². The smallest absolute Gasteiger partial charge is 0.424 e. The van der Waals surface area contributed by atoms with Gasteiger partial charge in [-0.3, -0.25) is 28.8 Å². The van der Waals surface area contributed by atoms with Crippen LogP contribution in [-0.4, -0.2) is 69.0 Å². The lowest BCUT2D eigenvalue weighted by Crippen LogP contribution is -2.50. The quantitative estimate of drug-likeness (QED) is 0.0477. The van der Waals surface area contributed by atoms with E-state index in [0.717, 1.165) is 22.7 Å². The van der Waals surface area contributed by atoms with Crippen molar-refractivity contribution in [1.82, 2.24) is 9.80 Å². The van der Waals surface area contributed by atoms with Crippen LogP contribution in [0.5, 0.6) is 0 Å². The second kappa shape index (κ2) is 22.4. The molecule has 0 radical (unpaired) electrons. The van der Waals surface area contributed by atoms with E-state index in [4.69, 9.17) is 18.9 Å². The molecule has 8 aromatic rings. The number of benzene rings is 6. The van der Waals surface area contributed by atoms with Crippen LogP contribution in [0.1, 0.15) is 47.2 Å². The lowest BCUT2D eigenvalue weighted by molar-refractivity contribution is -0.164. The lowest BCUT2D eigenvalue weighted by atomic mass is 9.77. The summed E-state index contributed by atoms with van der Waals surface area (Å²) in [6.45, 7) is 1.72. The van der Waals surface area contributed by atoms with Crippen LogP contribution in [0.3, 0.4) is 0 Å². The lowest BCUT2D eigenvalue weighted by Gasteiger charge is -2.28. The van der Waals surface area contributed by atoms with Gasteiger partial charge in [0.25, 0.3) is 23.6 Å². The van der Waals surface area contributed by atoms with Crippen molar-refractivity contribution in [3.63, 3.8) is 0 Å². The minimum absolute atomic E-state index is 0.0778. The van der Waals surface area contributed by atoms with E-state index in [1.807, 2.05) is 0 Å². The van der Waals surface area contributed by atoms with Gasteiger partial charge in [0, 0.05) is 20.5 Å². The molecule has 6 aromatic carbocycles. The van der Waals surface area contributed by atoms with Gasteiger partial charge in [0.2, 0.25) is 5.41 Å². The van der Waals surface area contributed by atoms with Crippen molar-refractivity contribution >= 4 is 112 Å². The normalized spacial score (nSPS) is 15.6. The predicted octanol–water partition coefficient (Wildman–Crippen LogP) is 11.1. The van der Waals surface area contributed by atoms with E-state index >= 15 is 9.59 Å². The van der Waals surface area contributed by atoms with Gasteiger partial charge in [-0.15, -0.1) is 22.7 Å². The fourth-order valence-electron chi connectivity index (χ4n) is 9.80. The first-order valence-corrected chi connectivity index (χ1v) is 27.0. The van der Waals surface area contributed by atoms with E-state index in [2.05, 4.69) is 9.98 Å². The van der Waals surface area contributed by atoms with E-state index in [9.17, 15) is 39.3 Å². The number of hydrogen-bond acceptors (Lipinski definition) is 18. The zero-order valence-corrected chi connectivity index (χ0v) is 45.4. The minimum Gasteiger partial charge on any atom is -0.459 e. The molecular weight excluding hydrogens is 1100 g/mol. The summed E-state index contributed by atoms with van der Waals surface area (Å²) >= 11 is 2.19. The van der Waals surface area contributed by atoms with Crippen LogP contribution >= 0.6 is 22.7 Å². The molecule has 4 heterocycles. The van der Waals surface area contributed by atoms with Gasteiger partial charge in [0.15, 0.2) is 0 Å². The molecule has 0 bridgehead atoms. The number of thiophene rings is 2. The Bertz CT molecular complexity index is 4050. The maximum absolute atomic E-state index is 15.4. The van der Waals surface area contributed by atoms with E-state index in [1.54, 1.807) is 170 Å². The molecule has 83 heavy (non-hydrogen) atoms. The number of fused-ring (bicyclic) bond motifs is 5. The van der Waals surface area contributed by atoms with Crippen LogP contribution in [0.2, 0.25) is 0 Å². The Kier molecular flexibility index (Phi) is 14.6. The van der Waals surface area contributed by atoms with Crippen molar-refractivity contribution < 1.29 is 57.3 Å². The second-order valence-electron chi connectivity index (χ2n) is 19.0. The average Bonchev–Trinajstić information content (AvgIpc) is 1.68. The third kappa shape index (κ3) is 9.94. The monoisotopic (exact) mass is 1140 g/mol. The molecule has 3 aliphatic rings. The van der Waals surface area contributed by atoms with Gasteiger partial charge in [-0.1, -0.05) is 121 Å². The highest BCUT2D eigenvalue weighted by Crippen LogP contribution is 2.55. The fourth-order valence-corrected chi connectivity index (χ4v) is 11.7. The number of esters is 2. The maximum atomic E-state index is 15.4. The zero-order valence-electron chi connectivity index (χ0n) is 43.7. The van der Waals surface area contributed by atoms with Gasteiger partial charge in [-0.25, -0.2) is 19.6 Å². The number of carbonyl (C=O) groups is 8. The minimum atomic E-state index is -2.32. The number of rotatable bonds is 12. The van der Waals surface area contributed by atoms with Crippen LogP contribution in [0.4, 0.5) is 19.6 Å². The van der Waals surface area contributed by atoms with E-state index in [0.29, 0.717) is 53.6 Å². The summed E-state index contributed by atoms with van der Waals surface area (Å²) in [5, 5.41) is 21.5. The molecule has 2 aliphatic heterocycles. The average molecular weight is 1140 g/mol. The molecule has 0 fully saturated rings. The number of imide groups is 6. The van der Waals surface area contributed by atoms with E-state index < -0.39 is 64.3 Å². The molecule has 0 spiro atoms. The van der Waals surface area contributed by atoms with Crippen LogP contribution in [-0.2, 0) is 79.6 Å². The van der Waals surface area contributed by atoms with Crippen molar-refractivity contribution in [1.29, 1.82) is 10.5 Å². The predicted molar refractivity (Wildman–Crippen MR) is 304 cm³/mol. The SMILES string of the molecule is CC1=C(C#N)C(=O)N(C(=O)OCc2ccccc2)C(=O)/C1=N\c1cc2cc3c(cc2s1)-c1cc2sc(/N=C4/C(=O)N(C(=O)OCc5ccccc5)C(=O)C(C#N)=C4C)cc2cc1C3(C(=O)OCc1ccccc1)C(=O)OCc1ccccc1. The van der Waals surface area contributed by atoms with Crippen LogP contribution in [0, 0.1) is 22.7 Å². The Morgan fingerprint density at radius 2 is 0.795 bits per heavy atom. The largest absolute Gasteiger partial charge is 0.459 e. The summed E-state index contributed by atoms with van der Waals surface area (Å²) in [6, 6.07) is 48.4. The standard InChI is InChI=1S/C63H40N6O12S2/c1-35-45(29-64)55(70)68(61(76)80-33-39-19-11-5-12-20-39)57(72)53(35)66-51-25-41-23-47-43(27-49(41)82-51)44-28-50-42(24-48(44)63(47,59(74)78-31-37-15-7-3-8-16-37)60(75)79-32-38-17-9-4-10-18-38)26-52(83-50)67-54-36(2)46(30-65)56(71)69(58(54)73)62(77)81-34-40-21-13-6-14-22-40/h3-28H,31-34H2,1-2H3/b66-53-,67-54+. The fraction of sp³-hybridized carbons (Fsp3) is 0.111. The van der Waals surface area contributed by atoms with Crippen LogP contribution < -0.4 is 0 Å². The Morgan fingerprint density at radius 1 is 0.470 bits per heavy atom. The summed E-state index contributed by atoms with van der Waals surface area (Å²) in [5.41, 5.74) is -0.643. The number of nitrogens with zero attached hydrogens (tertiary/aromatic N) is 6. The number of amides is 6. The molecule has 0 saturated carbocycles. The Balaban J connectivity index is 1.03. The molecule has 6 amide bonds. The molecule has 0 saturated heterocycles. The van der Waals surface area contributed by atoms with Crippen molar-refractivity contribution in [2.24, 2.45) is 9.98 Å². The Labute approximate surface area is 479 Å². The molecular formula is C63H40N6O12S2. The van der Waals surface area contributed by atoms with E-state index in [1.165, 1.54) is 13.8 Å². The van der Waals surface area contributed by atoms with Crippen LogP contribution in [0.15, 0.2) is 190 Å². The Hall–Kier alpha value is -10.8. The number of ether oxygens (including phenoxy) is 4. The molecule has 0 N–H and O–H groups in total. The Morgan fingerprint density at radius 3 is 1.12 bits per heavy atom. The molecule has 11 rings (SSSR count). The first-order valence-electron chi connectivity index (χ1n) is 25.4. The number of carbonyl (C=O) groups excluding carboxylic acids is 8. The second-order valence-corrected chi connectivity index (χ2v) is 21.2. The summed E-state index contributed by atoms with van der Waals surface area (Å²) in [6.07, 6.45) is -2.61. The van der Waals surface area contributed by atoms with Gasteiger partial charge < -0.3 is 18.9 Å². The van der Waals surface area contributed by atoms with Gasteiger partial charge >= 0.3 is 24.1 Å². The number of aliphatic imine (C=N–C) groups is 2. The van der Waals surface area contributed by atoms with E-state index in [-0.39, 0.29) is 79.9 Å². The summed E-state index contributed by atoms with van der Waals surface area (Å²) in [7, 11) is 0. The molecule has 0 unspecified atom stereocenters. The van der Waals surface area contributed by atoms with Crippen molar-refractivity contribution in [2.75, 3.05) is 0 Å². The maximum Gasteiger partial charge on any atom is 0.424 e. The third-order valence-corrected chi connectivity index (χ3v) is 16.0. The first kappa shape index (κ1) is 54.2. The number of nitriles is 2. The summed E-state index contributed by atoms with van der Waals surface area (Å²) in [5.74, 6) is -6.55. The molecule has 2 aromatic heterocycles. The van der Waals surface area contributed by atoms with Gasteiger partial charge in [-0.2, -0.15) is 20.3 Å². The third-order valence-electron chi connectivity index (χ3n) is 14.0. The highest BCUT2D eigenvalue weighted by Gasteiger charge is 2.58. The molecule has 406 valence electrons. The van der Waals surface area contributed by atoms with Crippen molar-refractivity contribution in [3.8, 4) is 23.3 Å². The first-order chi connectivity index (χ1) is 40.2. The zero-order chi connectivity index (χ0) is 58.1. The highest BCUT2D eigenvalue weighted by molar-refractivity contribution is 7.23. The summed E-state index contributed by atoms with van der Waals surface area (Å²) < 4.78 is 24.0. The van der Waals surface area contributed by atoms with Gasteiger partial charge in [-0.05, 0) is 106 Å². The van der Waals surface area contributed by atoms with Gasteiger partial charge in [0.05, 0.1) is 0 Å². The summed E-state index contributed by atoms with van der Waals surface area (Å²) in [4.78, 5) is 123. The topological polar surface area (TPSA) is 252 Å². The van der Waals surface area contributed by atoms with Crippen molar-refractivity contribution in [2.45, 2.75) is 45.7 Å².